The first-order valence-electron chi connectivity index (χ1n) is 6.95. The number of halogens is 1. The molecule has 5 heteroatoms. The average molecular weight is 301 g/mol. The monoisotopic (exact) mass is 301 g/mol. The van der Waals surface area contributed by atoms with Crippen molar-refractivity contribution in [2.75, 3.05) is 11.9 Å². The van der Waals surface area contributed by atoms with Gasteiger partial charge in [-0.05, 0) is 30.4 Å². The summed E-state index contributed by atoms with van der Waals surface area (Å²) < 4.78 is 15.2. The molecule has 0 aliphatic carbocycles. The lowest BCUT2D eigenvalue weighted by atomic mass is 10.2. The van der Waals surface area contributed by atoms with E-state index in [9.17, 15) is 4.39 Å². The second kappa shape index (κ2) is 5.77. The standard InChI is InChI=1S/C16H16FN3S/c1-3-7-18-16-19-9-12(17)14(20-16)13-8-11-6-4-5-10(2)15(11)21-13/h4-6,8-9H,3,7H2,1-2H3,(H,18,19,20). The lowest BCUT2D eigenvalue weighted by molar-refractivity contribution is 0.619. The highest BCUT2D eigenvalue weighted by atomic mass is 32.1. The second-order valence-electron chi connectivity index (χ2n) is 4.92. The van der Waals surface area contributed by atoms with E-state index in [1.165, 1.54) is 16.5 Å². The third-order valence-corrected chi connectivity index (χ3v) is 4.54. The molecule has 1 aromatic carbocycles. The Morgan fingerprint density at radius 1 is 1.33 bits per heavy atom. The highest BCUT2D eigenvalue weighted by Crippen LogP contribution is 2.35. The minimum atomic E-state index is -0.388. The SMILES string of the molecule is CCCNc1ncc(F)c(-c2cc3cccc(C)c3s2)n1. The van der Waals surface area contributed by atoms with E-state index >= 15 is 0 Å². The number of aromatic nitrogens is 2. The van der Waals surface area contributed by atoms with Crippen molar-refractivity contribution in [1.29, 1.82) is 0 Å². The van der Waals surface area contributed by atoms with Gasteiger partial charge in [-0.1, -0.05) is 25.1 Å². The normalized spacial score (nSPS) is 11.0. The molecule has 21 heavy (non-hydrogen) atoms. The summed E-state index contributed by atoms with van der Waals surface area (Å²) in [7, 11) is 0. The third kappa shape index (κ3) is 2.74. The van der Waals surface area contributed by atoms with Gasteiger partial charge in [-0.15, -0.1) is 11.3 Å². The molecule has 1 N–H and O–H groups in total. The number of nitrogens with zero attached hydrogens (tertiary/aromatic N) is 2. The van der Waals surface area contributed by atoms with Crippen molar-refractivity contribution in [2.45, 2.75) is 20.3 Å². The van der Waals surface area contributed by atoms with Crippen molar-refractivity contribution < 1.29 is 4.39 Å². The number of hydrogen-bond donors (Lipinski definition) is 1. The van der Waals surface area contributed by atoms with E-state index in [0.717, 1.165) is 23.2 Å². The van der Waals surface area contributed by atoms with Gasteiger partial charge in [0.1, 0.15) is 5.69 Å². The van der Waals surface area contributed by atoms with Gasteiger partial charge in [0.15, 0.2) is 5.82 Å². The minimum absolute atomic E-state index is 0.365. The Morgan fingerprint density at radius 2 is 2.19 bits per heavy atom. The van der Waals surface area contributed by atoms with Crippen LogP contribution in [-0.2, 0) is 0 Å². The van der Waals surface area contributed by atoms with Crippen LogP contribution in [0, 0.1) is 12.7 Å². The van der Waals surface area contributed by atoms with Gasteiger partial charge in [0.05, 0.1) is 11.1 Å². The Bertz CT molecular complexity index is 782. The average Bonchev–Trinajstić information content (AvgIpc) is 2.92. The van der Waals surface area contributed by atoms with E-state index in [2.05, 4.69) is 35.2 Å². The fraction of sp³-hybridized carbons (Fsp3) is 0.250. The number of nitrogens with one attached hydrogen (secondary N) is 1. The van der Waals surface area contributed by atoms with E-state index in [1.54, 1.807) is 11.3 Å². The third-order valence-electron chi connectivity index (χ3n) is 3.25. The van der Waals surface area contributed by atoms with Crippen molar-refractivity contribution in [2.24, 2.45) is 0 Å². The van der Waals surface area contributed by atoms with Crippen LogP contribution in [0.5, 0.6) is 0 Å². The Labute approximate surface area is 126 Å². The molecule has 0 amide bonds. The summed E-state index contributed by atoms with van der Waals surface area (Å²) in [5.41, 5.74) is 1.56. The van der Waals surface area contributed by atoms with Crippen LogP contribution < -0.4 is 5.32 Å². The lowest BCUT2D eigenvalue weighted by Gasteiger charge is -2.05. The quantitative estimate of drug-likeness (QED) is 0.763. The molecule has 0 spiro atoms. The van der Waals surface area contributed by atoms with Gasteiger partial charge in [0.25, 0.3) is 0 Å². The molecule has 0 bridgehead atoms. The maximum atomic E-state index is 14.1. The van der Waals surface area contributed by atoms with Gasteiger partial charge in [0, 0.05) is 11.2 Å². The maximum absolute atomic E-state index is 14.1. The highest BCUT2D eigenvalue weighted by molar-refractivity contribution is 7.22. The van der Waals surface area contributed by atoms with Gasteiger partial charge in [-0.2, -0.15) is 0 Å². The Morgan fingerprint density at radius 3 is 2.95 bits per heavy atom. The van der Waals surface area contributed by atoms with Crippen LogP contribution >= 0.6 is 11.3 Å². The zero-order valence-electron chi connectivity index (χ0n) is 12.0. The largest absolute Gasteiger partial charge is 0.354 e. The number of benzene rings is 1. The molecule has 2 heterocycles. The van der Waals surface area contributed by atoms with E-state index in [1.807, 2.05) is 18.2 Å². The first-order valence-corrected chi connectivity index (χ1v) is 7.76. The van der Waals surface area contributed by atoms with E-state index < -0.39 is 0 Å². The molecule has 0 aliphatic rings. The molecule has 0 unspecified atom stereocenters. The van der Waals surface area contributed by atoms with Gasteiger partial charge < -0.3 is 5.32 Å². The van der Waals surface area contributed by atoms with Crippen LogP contribution in [0.15, 0.2) is 30.5 Å². The molecular weight excluding hydrogens is 285 g/mol. The molecule has 0 fully saturated rings. The predicted molar refractivity (Wildman–Crippen MR) is 86.3 cm³/mol. The summed E-state index contributed by atoms with van der Waals surface area (Å²) in [4.78, 5) is 9.13. The molecule has 3 aromatic rings. The van der Waals surface area contributed by atoms with Crippen molar-refractivity contribution >= 4 is 27.4 Å². The van der Waals surface area contributed by atoms with Crippen LogP contribution in [0.3, 0.4) is 0 Å². The van der Waals surface area contributed by atoms with Crippen LogP contribution in [0.1, 0.15) is 18.9 Å². The fourth-order valence-corrected chi connectivity index (χ4v) is 3.31. The van der Waals surface area contributed by atoms with Crippen LogP contribution in [0.2, 0.25) is 0 Å². The number of hydrogen-bond acceptors (Lipinski definition) is 4. The van der Waals surface area contributed by atoms with Crippen molar-refractivity contribution in [3.8, 4) is 10.6 Å². The molecule has 0 radical (unpaired) electrons. The van der Waals surface area contributed by atoms with E-state index in [0.29, 0.717) is 11.6 Å². The summed E-state index contributed by atoms with van der Waals surface area (Å²) in [6.45, 7) is 4.90. The lowest BCUT2D eigenvalue weighted by Crippen LogP contribution is -2.05. The van der Waals surface area contributed by atoms with Gasteiger partial charge >= 0.3 is 0 Å². The van der Waals surface area contributed by atoms with E-state index in [4.69, 9.17) is 0 Å². The zero-order valence-corrected chi connectivity index (χ0v) is 12.8. The molecule has 3 rings (SSSR count). The van der Waals surface area contributed by atoms with Crippen molar-refractivity contribution in [1.82, 2.24) is 9.97 Å². The van der Waals surface area contributed by atoms with Crippen molar-refractivity contribution in [3.63, 3.8) is 0 Å². The number of rotatable bonds is 4. The Hall–Kier alpha value is -2.01. The molecule has 0 saturated heterocycles. The highest BCUT2D eigenvalue weighted by Gasteiger charge is 2.13. The van der Waals surface area contributed by atoms with Crippen LogP contribution in [0.4, 0.5) is 10.3 Å². The molecule has 0 atom stereocenters. The fourth-order valence-electron chi connectivity index (χ4n) is 2.19. The van der Waals surface area contributed by atoms with Gasteiger partial charge in [-0.25, -0.2) is 14.4 Å². The molecule has 2 aromatic heterocycles. The Balaban J connectivity index is 2.06. The van der Waals surface area contributed by atoms with Gasteiger partial charge in [0.2, 0.25) is 5.95 Å². The predicted octanol–water partition coefficient (Wildman–Crippen LogP) is 4.63. The summed E-state index contributed by atoms with van der Waals surface area (Å²) in [6.07, 6.45) is 2.20. The van der Waals surface area contributed by atoms with Crippen molar-refractivity contribution in [3.05, 3.63) is 41.8 Å². The first-order chi connectivity index (χ1) is 10.2. The topological polar surface area (TPSA) is 37.8 Å². The second-order valence-corrected chi connectivity index (χ2v) is 5.97. The van der Waals surface area contributed by atoms with Gasteiger partial charge in [-0.3, -0.25) is 0 Å². The number of anilines is 1. The minimum Gasteiger partial charge on any atom is -0.354 e. The smallest absolute Gasteiger partial charge is 0.223 e. The molecule has 3 nitrogen and oxygen atoms in total. The molecule has 0 aliphatic heterocycles. The number of thiophene rings is 1. The molecule has 108 valence electrons. The summed E-state index contributed by atoms with van der Waals surface area (Å²) in [5, 5.41) is 4.21. The number of aryl methyl sites for hydroxylation is 1. The maximum Gasteiger partial charge on any atom is 0.223 e. The van der Waals surface area contributed by atoms with Crippen LogP contribution in [-0.4, -0.2) is 16.5 Å². The van der Waals surface area contributed by atoms with Crippen LogP contribution in [0.25, 0.3) is 20.7 Å². The van der Waals surface area contributed by atoms with E-state index in [-0.39, 0.29) is 5.82 Å². The number of fused-ring (bicyclic) bond motifs is 1. The molecular formula is C16H16FN3S. The Kier molecular flexibility index (Phi) is 3.84. The first kappa shape index (κ1) is 13.9. The summed E-state index contributed by atoms with van der Waals surface area (Å²) in [5.74, 6) is 0.0867. The summed E-state index contributed by atoms with van der Waals surface area (Å²) >= 11 is 1.57. The molecule has 0 saturated carbocycles. The summed E-state index contributed by atoms with van der Waals surface area (Å²) in [6, 6.07) is 8.10. The zero-order chi connectivity index (χ0) is 14.8.